The third-order valence-electron chi connectivity index (χ3n) is 3.54. The molecule has 0 aromatic carbocycles. The summed E-state index contributed by atoms with van der Waals surface area (Å²) < 4.78 is 5.66. The van der Waals surface area contributed by atoms with Crippen LogP contribution in [-0.4, -0.2) is 40.7 Å². The molecule has 0 saturated carbocycles. The number of ether oxygens (including phenoxy) is 1. The Kier molecular flexibility index (Phi) is 5.59. The zero-order valence-corrected chi connectivity index (χ0v) is 13.6. The maximum absolute atomic E-state index is 5.66. The molecular formula is C15H27N5O. The van der Waals surface area contributed by atoms with Gasteiger partial charge in [-0.15, -0.1) is 0 Å². The average molecular weight is 293 g/mol. The second-order valence-electron chi connectivity index (χ2n) is 6.00. The Balaban J connectivity index is 2.17. The van der Waals surface area contributed by atoms with E-state index in [1.54, 1.807) is 0 Å². The molecule has 1 aliphatic heterocycles. The number of rotatable bonds is 6. The molecule has 1 aromatic rings. The normalized spacial score (nSPS) is 16.3. The third-order valence-corrected chi connectivity index (χ3v) is 3.54. The van der Waals surface area contributed by atoms with Crippen molar-refractivity contribution < 1.29 is 4.74 Å². The van der Waals surface area contributed by atoms with Crippen LogP contribution in [0.3, 0.4) is 0 Å². The van der Waals surface area contributed by atoms with Crippen LogP contribution in [0, 0.1) is 5.92 Å². The van der Waals surface area contributed by atoms with Crippen molar-refractivity contribution in [2.45, 2.75) is 53.1 Å². The number of hydrogen-bond donors (Lipinski definition) is 1. The van der Waals surface area contributed by atoms with E-state index < -0.39 is 0 Å². The zero-order chi connectivity index (χ0) is 15.2. The molecule has 0 atom stereocenters. The van der Waals surface area contributed by atoms with E-state index in [0.717, 1.165) is 37.9 Å². The molecule has 1 aromatic heterocycles. The van der Waals surface area contributed by atoms with Crippen LogP contribution in [0.1, 0.15) is 47.0 Å². The van der Waals surface area contributed by atoms with E-state index in [2.05, 4.69) is 39.0 Å². The first-order valence-electron chi connectivity index (χ1n) is 8.00. The van der Waals surface area contributed by atoms with Crippen LogP contribution in [0.25, 0.3) is 0 Å². The molecule has 1 aliphatic rings. The van der Waals surface area contributed by atoms with E-state index in [0.29, 0.717) is 12.0 Å². The second-order valence-corrected chi connectivity index (χ2v) is 6.00. The monoisotopic (exact) mass is 293 g/mol. The lowest BCUT2D eigenvalue weighted by molar-refractivity contribution is 0.222. The Morgan fingerprint density at radius 3 is 2.57 bits per heavy atom. The van der Waals surface area contributed by atoms with Gasteiger partial charge in [0.15, 0.2) is 0 Å². The fourth-order valence-electron chi connectivity index (χ4n) is 2.28. The SMILES string of the molecule is CCCNc1nc(OC(C)C)nc(N2CCC(C)CC2)n1. The van der Waals surface area contributed by atoms with Crippen molar-refractivity contribution in [2.24, 2.45) is 5.92 Å². The number of hydrogen-bond acceptors (Lipinski definition) is 6. The van der Waals surface area contributed by atoms with Crippen molar-refractivity contribution in [2.75, 3.05) is 29.9 Å². The first-order valence-corrected chi connectivity index (χ1v) is 8.00. The first-order chi connectivity index (χ1) is 10.1. The van der Waals surface area contributed by atoms with Gasteiger partial charge in [-0.2, -0.15) is 15.0 Å². The van der Waals surface area contributed by atoms with Gasteiger partial charge in [-0.3, -0.25) is 0 Å². The Bertz CT molecular complexity index is 444. The predicted molar refractivity (Wildman–Crippen MR) is 85.0 cm³/mol. The highest BCUT2D eigenvalue weighted by molar-refractivity contribution is 5.38. The van der Waals surface area contributed by atoms with Crippen LogP contribution in [0.15, 0.2) is 0 Å². The van der Waals surface area contributed by atoms with Crippen LogP contribution in [-0.2, 0) is 0 Å². The maximum atomic E-state index is 5.66. The summed E-state index contributed by atoms with van der Waals surface area (Å²) in [5.74, 6) is 2.12. The highest BCUT2D eigenvalue weighted by Gasteiger charge is 2.20. The van der Waals surface area contributed by atoms with Crippen molar-refractivity contribution in [3.63, 3.8) is 0 Å². The van der Waals surface area contributed by atoms with Crippen LogP contribution >= 0.6 is 0 Å². The van der Waals surface area contributed by atoms with Crippen LogP contribution < -0.4 is 15.0 Å². The van der Waals surface area contributed by atoms with Gasteiger partial charge in [0.05, 0.1) is 6.10 Å². The molecule has 0 spiro atoms. The summed E-state index contributed by atoms with van der Waals surface area (Å²) in [6, 6.07) is 0.409. The van der Waals surface area contributed by atoms with Crippen molar-refractivity contribution in [3.05, 3.63) is 0 Å². The zero-order valence-electron chi connectivity index (χ0n) is 13.6. The molecule has 1 fully saturated rings. The maximum Gasteiger partial charge on any atom is 0.323 e. The van der Waals surface area contributed by atoms with Gasteiger partial charge in [-0.25, -0.2) is 0 Å². The molecule has 0 unspecified atom stereocenters. The lowest BCUT2D eigenvalue weighted by atomic mass is 10.00. The highest BCUT2D eigenvalue weighted by atomic mass is 16.5. The van der Waals surface area contributed by atoms with E-state index in [-0.39, 0.29) is 6.10 Å². The lowest BCUT2D eigenvalue weighted by Gasteiger charge is -2.30. The van der Waals surface area contributed by atoms with Gasteiger partial charge in [0, 0.05) is 19.6 Å². The Labute approximate surface area is 127 Å². The number of piperidine rings is 1. The fraction of sp³-hybridized carbons (Fsp3) is 0.800. The van der Waals surface area contributed by atoms with Crippen LogP contribution in [0.2, 0.25) is 0 Å². The fourth-order valence-corrected chi connectivity index (χ4v) is 2.28. The van der Waals surface area contributed by atoms with Crippen molar-refractivity contribution in [3.8, 4) is 6.01 Å². The van der Waals surface area contributed by atoms with E-state index in [4.69, 9.17) is 4.74 Å². The van der Waals surface area contributed by atoms with Gasteiger partial charge < -0.3 is 15.0 Å². The third kappa shape index (κ3) is 4.72. The summed E-state index contributed by atoms with van der Waals surface area (Å²) in [4.78, 5) is 15.6. The topological polar surface area (TPSA) is 63.2 Å². The second kappa shape index (κ2) is 7.43. The molecule has 0 radical (unpaired) electrons. The summed E-state index contributed by atoms with van der Waals surface area (Å²) in [5.41, 5.74) is 0. The predicted octanol–water partition coefficient (Wildman–Crippen LogP) is 2.72. The summed E-state index contributed by atoms with van der Waals surface area (Å²) in [6.07, 6.45) is 3.46. The van der Waals surface area contributed by atoms with Crippen molar-refractivity contribution in [1.29, 1.82) is 0 Å². The summed E-state index contributed by atoms with van der Waals surface area (Å²) in [6.45, 7) is 11.2. The largest absolute Gasteiger partial charge is 0.461 e. The molecule has 6 heteroatoms. The van der Waals surface area contributed by atoms with E-state index in [1.807, 2.05) is 13.8 Å². The summed E-state index contributed by atoms with van der Waals surface area (Å²) in [5, 5.41) is 3.23. The highest BCUT2D eigenvalue weighted by Crippen LogP contribution is 2.22. The molecular weight excluding hydrogens is 266 g/mol. The van der Waals surface area contributed by atoms with E-state index >= 15 is 0 Å². The standard InChI is InChI=1S/C15H27N5O/c1-5-8-16-13-17-14(19-15(18-13)21-11(2)3)20-9-6-12(4)7-10-20/h11-12H,5-10H2,1-4H3,(H,16,17,18,19). The van der Waals surface area contributed by atoms with Crippen molar-refractivity contribution >= 4 is 11.9 Å². The minimum Gasteiger partial charge on any atom is -0.461 e. The van der Waals surface area contributed by atoms with E-state index in [9.17, 15) is 0 Å². The molecule has 2 rings (SSSR count). The minimum absolute atomic E-state index is 0.0562. The molecule has 21 heavy (non-hydrogen) atoms. The first kappa shape index (κ1) is 15.8. The molecule has 1 N–H and O–H groups in total. The molecule has 0 aliphatic carbocycles. The summed E-state index contributed by atoms with van der Waals surface area (Å²) >= 11 is 0. The molecule has 6 nitrogen and oxygen atoms in total. The van der Waals surface area contributed by atoms with Crippen molar-refractivity contribution in [1.82, 2.24) is 15.0 Å². The molecule has 118 valence electrons. The summed E-state index contributed by atoms with van der Waals surface area (Å²) in [7, 11) is 0. The number of anilines is 2. The number of nitrogens with one attached hydrogen (secondary N) is 1. The van der Waals surface area contributed by atoms with Crippen LogP contribution in [0.5, 0.6) is 6.01 Å². The number of nitrogens with zero attached hydrogens (tertiary/aromatic N) is 4. The van der Waals surface area contributed by atoms with E-state index in [1.165, 1.54) is 12.8 Å². The molecule has 0 bridgehead atoms. The Morgan fingerprint density at radius 2 is 1.95 bits per heavy atom. The number of aromatic nitrogens is 3. The molecule has 0 amide bonds. The molecule has 2 heterocycles. The lowest BCUT2D eigenvalue weighted by Crippen LogP contribution is -2.34. The Morgan fingerprint density at radius 1 is 1.24 bits per heavy atom. The van der Waals surface area contributed by atoms with Gasteiger partial charge >= 0.3 is 6.01 Å². The minimum atomic E-state index is 0.0562. The molecule has 1 saturated heterocycles. The van der Waals surface area contributed by atoms with Gasteiger partial charge in [0.25, 0.3) is 0 Å². The average Bonchev–Trinajstić information content (AvgIpc) is 2.45. The van der Waals surface area contributed by atoms with Gasteiger partial charge in [0.2, 0.25) is 11.9 Å². The van der Waals surface area contributed by atoms with Gasteiger partial charge in [0.1, 0.15) is 0 Å². The van der Waals surface area contributed by atoms with Crippen LogP contribution in [0.4, 0.5) is 11.9 Å². The van der Waals surface area contributed by atoms with Gasteiger partial charge in [-0.1, -0.05) is 13.8 Å². The Hall–Kier alpha value is -1.59. The smallest absolute Gasteiger partial charge is 0.323 e. The quantitative estimate of drug-likeness (QED) is 0.870. The van der Waals surface area contributed by atoms with Gasteiger partial charge in [-0.05, 0) is 39.0 Å².